The zero-order valence-electron chi connectivity index (χ0n) is 12.2. The lowest BCUT2D eigenvalue weighted by molar-refractivity contribution is -0.503. The highest BCUT2D eigenvalue weighted by Gasteiger charge is 2.67. The highest BCUT2D eigenvalue weighted by atomic mass is 79.9. The van der Waals surface area contributed by atoms with Crippen LogP contribution >= 0.6 is 15.9 Å². The molecule has 0 fully saturated rings. The lowest BCUT2D eigenvalue weighted by atomic mass is 10.3. The molecule has 0 aliphatic heterocycles. The van der Waals surface area contributed by atoms with Crippen molar-refractivity contribution in [2.45, 2.75) is 50.1 Å². The van der Waals surface area contributed by atoms with Gasteiger partial charge in [-0.05, 0) is 12.8 Å². The number of rotatable bonds is 12. The quantitative estimate of drug-likeness (QED) is 0.225. The maximum Gasteiger partial charge on any atom is 0.453 e. The van der Waals surface area contributed by atoms with Gasteiger partial charge in [-0.15, -0.1) is 0 Å². The maximum atomic E-state index is 13.1. The molecule has 0 N–H and O–H groups in total. The summed E-state index contributed by atoms with van der Waals surface area (Å²) in [5.74, 6) is 0. The van der Waals surface area contributed by atoms with Gasteiger partial charge in [-0.3, -0.25) is 4.74 Å². The van der Waals surface area contributed by atoms with Crippen LogP contribution in [0.4, 0.5) is 43.9 Å². The van der Waals surface area contributed by atoms with Crippen LogP contribution in [0.5, 0.6) is 0 Å². The van der Waals surface area contributed by atoms with Crippen LogP contribution < -0.4 is 0 Å². The normalized spacial score (nSPS) is 15.5. The largest absolute Gasteiger partial charge is 0.453 e. The first-order valence-electron chi connectivity index (χ1n) is 6.50. The van der Waals surface area contributed by atoms with Gasteiger partial charge < -0.3 is 4.74 Å². The van der Waals surface area contributed by atoms with Gasteiger partial charge in [0.25, 0.3) is 6.36 Å². The SMILES string of the molecule is FC(OC(F)(F)C(F)(F)OC(F)(F)COCCCCCBr)C(F)(F)F. The predicted octanol–water partition coefficient (Wildman–Crippen LogP) is 5.24. The first kappa shape index (κ1) is 24.7. The van der Waals surface area contributed by atoms with E-state index >= 15 is 0 Å². The molecule has 14 heteroatoms. The molecule has 0 aromatic carbocycles. The van der Waals surface area contributed by atoms with Crippen LogP contribution in [0, 0.1) is 0 Å². The molecule has 0 aromatic rings. The van der Waals surface area contributed by atoms with Gasteiger partial charge in [0.2, 0.25) is 0 Å². The Balaban J connectivity index is 4.63. The maximum absolute atomic E-state index is 13.1. The fourth-order valence-corrected chi connectivity index (χ4v) is 1.60. The molecule has 0 radical (unpaired) electrons. The molecule has 0 heterocycles. The lowest BCUT2D eigenvalue weighted by Gasteiger charge is -2.30. The molecule has 0 rings (SSSR count). The summed E-state index contributed by atoms with van der Waals surface area (Å²) in [5, 5.41) is 0.626. The summed E-state index contributed by atoms with van der Waals surface area (Å²) in [6.45, 7) is -2.20. The third-order valence-corrected chi connectivity index (χ3v) is 2.88. The van der Waals surface area contributed by atoms with Crippen LogP contribution in [0.15, 0.2) is 0 Å². The Morgan fingerprint density at radius 3 is 1.84 bits per heavy atom. The lowest BCUT2D eigenvalue weighted by Crippen LogP contribution is -2.52. The summed E-state index contributed by atoms with van der Waals surface area (Å²) in [7, 11) is 0. The Morgan fingerprint density at radius 2 is 1.36 bits per heavy atom. The van der Waals surface area contributed by atoms with E-state index in [9.17, 15) is 43.9 Å². The summed E-state index contributed by atoms with van der Waals surface area (Å²) in [6.07, 6.45) is -27.0. The van der Waals surface area contributed by atoms with Crippen molar-refractivity contribution in [2.24, 2.45) is 0 Å². The van der Waals surface area contributed by atoms with Crippen LogP contribution in [0.1, 0.15) is 19.3 Å². The van der Waals surface area contributed by atoms with Crippen molar-refractivity contribution in [3.05, 3.63) is 0 Å². The van der Waals surface area contributed by atoms with Crippen LogP contribution in [0.2, 0.25) is 0 Å². The number of hydrogen-bond donors (Lipinski definition) is 0. The molecule has 0 aliphatic rings. The van der Waals surface area contributed by atoms with Crippen molar-refractivity contribution in [2.75, 3.05) is 18.5 Å². The van der Waals surface area contributed by atoms with Crippen molar-refractivity contribution in [1.29, 1.82) is 0 Å². The average Bonchev–Trinajstić information content (AvgIpc) is 2.39. The van der Waals surface area contributed by atoms with E-state index in [2.05, 4.69) is 30.1 Å². The fraction of sp³-hybridized carbons (Fsp3) is 1.00. The number of halogens is 11. The van der Waals surface area contributed by atoms with Crippen LogP contribution in [-0.4, -0.2) is 49.4 Å². The van der Waals surface area contributed by atoms with Gasteiger partial charge in [-0.25, -0.2) is 9.13 Å². The van der Waals surface area contributed by atoms with Crippen LogP contribution in [-0.2, 0) is 14.2 Å². The third-order valence-electron chi connectivity index (χ3n) is 2.32. The summed E-state index contributed by atoms with van der Waals surface area (Å²) in [5.41, 5.74) is 0. The molecule has 1 unspecified atom stereocenters. The summed E-state index contributed by atoms with van der Waals surface area (Å²) < 4.78 is 134. The average molecular weight is 463 g/mol. The molecule has 0 amide bonds. The van der Waals surface area contributed by atoms with Gasteiger partial charge in [0.1, 0.15) is 6.61 Å². The van der Waals surface area contributed by atoms with Gasteiger partial charge in [0.05, 0.1) is 0 Å². The van der Waals surface area contributed by atoms with Gasteiger partial charge in [-0.2, -0.15) is 39.5 Å². The second kappa shape index (κ2) is 9.55. The molecular formula is C11H13BrF10O3. The first-order valence-corrected chi connectivity index (χ1v) is 7.63. The number of hydrogen-bond acceptors (Lipinski definition) is 3. The van der Waals surface area contributed by atoms with Gasteiger partial charge in [0.15, 0.2) is 0 Å². The number of ether oxygens (including phenoxy) is 3. The van der Waals surface area contributed by atoms with Crippen molar-refractivity contribution in [3.8, 4) is 0 Å². The summed E-state index contributed by atoms with van der Waals surface area (Å²) in [4.78, 5) is 0. The predicted molar refractivity (Wildman–Crippen MR) is 66.4 cm³/mol. The van der Waals surface area contributed by atoms with Gasteiger partial charge >= 0.3 is 24.5 Å². The second-order valence-electron chi connectivity index (χ2n) is 4.55. The molecule has 0 saturated carbocycles. The first-order chi connectivity index (χ1) is 11.1. The standard InChI is InChI=1S/C11H13BrF10O3/c12-4-2-1-3-5-23-6-8(14,15)25-11(21,22)10(19,20)24-7(13)9(16,17)18/h7H,1-6H2. The molecule has 0 aliphatic carbocycles. The minimum absolute atomic E-state index is 0.256. The monoisotopic (exact) mass is 462 g/mol. The van der Waals surface area contributed by atoms with Gasteiger partial charge in [0, 0.05) is 11.9 Å². The number of alkyl halides is 11. The summed E-state index contributed by atoms with van der Waals surface area (Å²) in [6, 6.07) is 0. The van der Waals surface area contributed by atoms with Crippen molar-refractivity contribution < 1.29 is 58.1 Å². The Labute approximate surface area is 143 Å². The Bertz CT molecular complexity index is 391. The zero-order valence-corrected chi connectivity index (χ0v) is 13.8. The highest BCUT2D eigenvalue weighted by Crippen LogP contribution is 2.42. The van der Waals surface area contributed by atoms with Gasteiger partial charge in [-0.1, -0.05) is 22.4 Å². The van der Waals surface area contributed by atoms with E-state index < -0.39 is 37.5 Å². The Kier molecular flexibility index (Phi) is 9.42. The van der Waals surface area contributed by atoms with E-state index in [1.54, 1.807) is 0 Å². The Morgan fingerprint density at radius 1 is 0.800 bits per heavy atom. The van der Waals surface area contributed by atoms with Crippen LogP contribution in [0.25, 0.3) is 0 Å². The second-order valence-corrected chi connectivity index (χ2v) is 5.34. The highest BCUT2D eigenvalue weighted by molar-refractivity contribution is 9.09. The summed E-state index contributed by atoms with van der Waals surface area (Å²) >= 11 is 3.09. The minimum atomic E-state index is -6.32. The van der Waals surface area contributed by atoms with E-state index in [4.69, 9.17) is 0 Å². The van der Waals surface area contributed by atoms with E-state index in [1.165, 1.54) is 0 Å². The van der Waals surface area contributed by atoms with Crippen LogP contribution in [0.3, 0.4) is 0 Å². The van der Waals surface area contributed by atoms with E-state index in [-0.39, 0.29) is 13.0 Å². The smallest absolute Gasteiger partial charge is 0.372 e. The molecule has 0 spiro atoms. The molecule has 0 saturated heterocycles. The van der Waals surface area contributed by atoms with E-state index in [0.717, 1.165) is 0 Å². The van der Waals surface area contributed by atoms with Crippen molar-refractivity contribution >= 4 is 15.9 Å². The van der Waals surface area contributed by atoms with E-state index in [1.807, 2.05) is 0 Å². The van der Waals surface area contributed by atoms with Crippen molar-refractivity contribution in [3.63, 3.8) is 0 Å². The molecular weight excluding hydrogens is 450 g/mol. The van der Waals surface area contributed by atoms with E-state index in [0.29, 0.717) is 18.2 Å². The third kappa shape index (κ3) is 9.24. The molecule has 3 nitrogen and oxygen atoms in total. The fourth-order valence-electron chi connectivity index (χ4n) is 1.21. The molecule has 0 bridgehead atoms. The van der Waals surface area contributed by atoms with Crippen molar-refractivity contribution in [1.82, 2.24) is 0 Å². The zero-order chi connectivity index (χ0) is 19.9. The Hall–Kier alpha value is -0.340. The molecule has 152 valence electrons. The molecule has 1 atom stereocenters. The molecule has 25 heavy (non-hydrogen) atoms. The minimum Gasteiger partial charge on any atom is -0.372 e. The number of unbranched alkanes of at least 4 members (excludes halogenated alkanes) is 2. The molecule has 0 aromatic heterocycles. The topological polar surface area (TPSA) is 27.7 Å².